The molecule has 0 aromatic heterocycles. The van der Waals surface area contributed by atoms with E-state index in [9.17, 15) is 9.59 Å². The van der Waals surface area contributed by atoms with Gasteiger partial charge in [-0.2, -0.15) is 0 Å². The van der Waals surface area contributed by atoms with Gasteiger partial charge in [-0.25, -0.2) is 0 Å². The van der Waals surface area contributed by atoms with Crippen molar-refractivity contribution in [1.82, 2.24) is 5.32 Å². The van der Waals surface area contributed by atoms with E-state index in [1.807, 2.05) is 19.9 Å². The van der Waals surface area contributed by atoms with Crippen molar-refractivity contribution in [1.29, 1.82) is 0 Å². The van der Waals surface area contributed by atoms with E-state index >= 15 is 0 Å². The van der Waals surface area contributed by atoms with Crippen molar-refractivity contribution in [3.05, 3.63) is 23.8 Å². The number of ether oxygens (including phenoxy) is 1. The van der Waals surface area contributed by atoms with Crippen LogP contribution >= 0.6 is 0 Å². The lowest BCUT2D eigenvalue weighted by atomic mass is 10.1. The molecular weight excluding hydrogens is 244 g/mol. The number of rotatable bonds is 4. The van der Waals surface area contributed by atoms with E-state index in [0.29, 0.717) is 17.9 Å². The van der Waals surface area contributed by atoms with Crippen LogP contribution in [-0.2, 0) is 16.0 Å². The van der Waals surface area contributed by atoms with Crippen molar-refractivity contribution in [2.75, 3.05) is 11.9 Å². The summed E-state index contributed by atoms with van der Waals surface area (Å²) >= 11 is 0. The van der Waals surface area contributed by atoms with Gasteiger partial charge in [-0.05, 0) is 31.0 Å². The zero-order valence-electron chi connectivity index (χ0n) is 11.2. The number of hydrogen-bond donors (Lipinski definition) is 2. The molecule has 5 heteroatoms. The highest BCUT2D eigenvalue weighted by Crippen LogP contribution is 2.28. The summed E-state index contributed by atoms with van der Waals surface area (Å²) in [4.78, 5) is 23.0. The van der Waals surface area contributed by atoms with E-state index in [1.165, 1.54) is 0 Å². The molecule has 2 N–H and O–H groups in total. The fraction of sp³-hybridized carbons (Fsp3) is 0.429. The van der Waals surface area contributed by atoms with Crippen LogP contribution in [0.1, 0.15) is 25.8 Å². The molecule has 0 saturated heterocycles. The molecule has 0 spiro atoms. The molecule has 102 valence electrons. The Labute approximate surface area is 112 Å². The predicted octanol–water partition coefficient (Wildman–Crippen LogP) is 1.47. The minimum atomic E-state index is -0.172. The SMILES string of the molecule is CCC(C)NC(=O)Cc1ccc2c(c1)NC(=O)CO2. The molecule has 0 fully saturated rings. The predicted molar refractivity (Wildman–Crippen MR) is 72.2 cm³/mol. The summed E-state index contributed by atoms with van der Waals surface area (Å²) in [6.07, 6.45) is 1.20. The second-order valence-electron chi connectivity index (χ2n) is 4.72. The Bertz CT molecular complexity index is 499. The molecule has 5 nitrogen and oxygen atoms in total. The third-order valence-corrected chi connectivity index (χ3v) is 3.06. The second kappa shape index (κ2) is 5.73. The van der Waals surface area contributed by atoms with Gasteiger partial charge >= 0.3 is 0 Å². The minimum Gasteiger partial charge on any atom is -0.482 e. The smallest absolute Gasteiger partial charge is 0.262 e. The van der Waals surface area contributed by atoms with Crippen molar-refractivity contribution in [2.24, 2.45) is 0 Å². The van der Waals surface area contributed by atoms with Gasteiger partial charge in [0.2, 0.25) is 5.91 Å². The van der Waals surface area contributed by atoms with Gasteiger partial charge in [-0.3, -0.25) is 9.59 Å². The van der Waals surface area contributed by atoms with Crippen LogP contribution in [0, 0.1) is 0 Å². The highest BCUT2D eigenvalue weighted by atomic mass is 16.5. The van der Waals surface area contributed by atoms with Crippen LogP contribution < -0.4 is 15.4 Å². The molecule has 0 bridgehead atoms. The maximum Gasteiger partial charge on any atom is 0.262 e. The topological polar surface area (TPSA) is 67.4 Å². The normalized spacial score (nSPS) is 14.9. The van der Waals surface area contributed by atoms with Gasteiger partial charge in [-0.15, -0.1) is 0 Å². The van der Waals surface area contributed by atoms with E-state index in [1.54, 1.807) is 12.1 Å². The lowest BCUT2D eigenvalue weighted by Gasteiger charge is -2.18. The van der Waals surface area contributed by atoms with Crippen LogP contribution in [0.3, 0.4) is 0 Å². The summed E-state index contributed by atoms with van der Waals surface area (Å²) < 4.78 is 5.27. The molecule has 0 saturated carbocycles. The van der Waals surface area contributed by atoms with Crippen LogP contribution in [0.4, 0.5) is 5.69 Å². The second-order valence-corrected chi connectivity index (χ2v) is 4.72. The van der Waals surface area contributed by atoms with Crippen molar-refractivity contribution >= 4 is 17.5 Å². The average molecular weight is 262 g/mol. The van der Waals surface area contributed by atoms with Gasteiger partial charge in [-0.1, -0.05) is 13.0 Å². The molecule has 1 atom stereocenters. The van der Waals surface area contributed by atoms with Crippen molar-refractivity contribution in [3.63, 3.8) is 0 Å². The third kappa shape index (κ3) is 3.47. The third-order valence-electron chi connectivity index (χ3n) is 3.06. The molecular formula is C14H18N2O3. The Morgan fingerprint density at radius 2 is 2.32 bits per heavy atom. The van der Waals surface area contributed by atoms with E-state index in [0.717, 1.165) is 12.0 Å². The van der Waals surface area contributed by atoms with Gasteiger partial charge in [0.05, 0.1) is 12.1 Å². The number of carbonyl (C=O) groups is 2. The summed E-state index contributed by atoms with van der Waals surface area (Å²) in [6, 6.07) is 5.57. The van der Waals surface area contributed by atoms with E-state index in [4.69, 9.17) is 4.74 Å². The van der Waals surface area contributed by atoms with E-state index < -0.39 is 0 Å². The zero-order valence-corrected chi connectivity index (χ0v) is 11.2. The standard InChI is InChI=1S/C14H18N2O3/c1-3-9(2)15-13(17)7-10-4-5-12-11(6-10)16-14(18)8-19-12/h4-6,9H,3,7-8H2,1-2H3,(H,15,17)(H,16,18). The van der Waals surface area contributed by atoms with Gasteiger partial charge in [0.15, 0.2) is 6.61 Å². The highest BCUT2D eigenvalue weighted by Gasteiger charge is 2.16. The minimum absolute atomic E-state index is 0.0163. The maximum atomic E-state index is 11.8. The van der Waals surface area contributed by atoms with Crippen LogP contribution in [0.5, 0.6) is 5.75 Å². The maximum absolute atomic E-state index is 11.8. The Hall–Kier alpha value is -2.04. The Balaban J connectivity index is 2.04. The number of benzene rings is 1. The molecule has 1 unspecified atom stereocenters. The first-order valence-corrected chi connectivity index (χ1v) is 6.43. The Morgan fingerprint density at radius 1 is 1.53 bits per heavy atom. The molecule has 0 radical (unpaired) electrons. The fourth-order valence-corrected chi connectivity index (χ4v) is 1.85. The number of carbonyl (C=O) groups excluding carboxylic acids is 2. The van der Waals surface area contributed by atoms with Crippen molar-refractivity contribution < 1.29 is 14.3 Å². The number of nitrogens with one attached hydrogen (secondary N) is 2. The first kappa shape index (κ1) is 13.4. The molecule has 19 heavy (non-hydrogen) atoms. The van der Waals surface area contributed by atoms with Gasteiger partial charge in [0, 0.05) is 6.04 Å². The first-order valence-electron chi connectivity index (χ1n) is 6.43. The van der Waals surface area contributed by atoms with Crippen LogP contribution in [-0.4, -0.2) is 24.5 Å². The molecule has 1 aromatic carbocycles. The lowest BCUT2D eigenvalue weighted by Crippen LogP contribution is -2.33. The molecule has 2 rings (SSSR count). The van der Waals surface area contributed by atoms with Crippen molar-refractivity contribution in [3.8, 4) is 5.75 Å². The Kier molecular flexibility index (Phi) is 4.04. The molecule has 1 aliphatic rings. The molecule has 1 aromatic rings. The summed E-state index contributed by atoms with van der Waals surface area (Å²) in [6.45, 7) is 4.04. The molecule has 2 amide bonds. The number of hydrogen-bond acceptors (Lipinski definition) is 3. The Morgan fingerprint density at radius 3 is 3.05 bits per heavy atom. The zero-order chi connectivity index (χ0) is 13.8. The summed E-state index contributed by atoms with van der Waals surface area (Å²) in [5.74, 6) is 0.455. The number of fused-ring (bicyclic) bond motifs is 1. The summed E-state index contributed by atoms with van der Waals surface area (Å²) in [5, 5.41) is 5.64. The van der Waals surface area contributed by atoms with Gasteiger partial charge in [0.1, 0.15) is 5.75 Å². The monoisotopic (exact) mass is 262 g/mol. The average Bonchev–Trinajstić information content (AvgIpc) is 2.37. The van der Waals surface area contributed by atoms with Crippen LogP contribution in [0.15, 0.2) is 18.2 Å². The quantitative estimate of drug-likeness (QED) is 0.863. The number of amides is 2. The molecule has 1 heterocycles. The van der Waals surface area contributed by atoms with Crippen molar-refractivity contribution in [2.45, 2.75) is 32.7 Å². The fourth-order valence-electron chi connectivity index (χ4n) is 1.85. The highest BCUT2D eigenvalue weighted by molar-refractivity contribution is 5.95. The summed E-state index contributed by atoms with van der Waals surface area (Å²) in [5.41, 5.74) is 1.48. The largest absolute Gasteiger partial charge is 0.482 e. The van der Waals surface area contributed by atoms with Crippen LogP contribution in [0.25, 0.3) is 0 Å². The molecule has 1 aliphatic heterocycles. The van der Waals surface area contributed by atoms with Gasteiger partial charge in [0.25, 0.3) is 5.91 Å². The van der Waals surface area contributed by atoms with Gasteiger partial charge < -0.3 is 15.4 Å². The summed E-state index contributed by atoms with van der Waals surface area (Å²) in [7, 11) is 0. The van der Waals surface area contributed by atoms with Crippen LogP contribution in [0.2, 0.25) is 0 Å². The molecule has 0 aliphatic carbocycles. The van der Waals surface area contributed by atoms with E-state index in [-0.39, 0.29) is 24.5 Å². The first-order chi connectivity index (χ1) is 9.08. The number of anilines is 1. The lowest BCUT2D eigenvalue weighted by molar-refractivity contribution is -0.121. The van der Waals surface area contributed by atoms with E-state index in [2.05, 4.69) is 10.6 Å².